The van der Waals surface area contributed by atoms with Crippen LogP contribution in [0.4, 0.5) is 0 Å². The summed E-state index contributed by atoms with van der Waals surface area (Å²) in [5.41, 5.74) is 1.14. The van der Waals surface area contributed by atoms with Crippen molar-refractivity contribution in [1.82, 2.24) is 5.32 Å². The van der Waals surface area contributed by atoms with Crippen LogP contribution >= 0.6 is 15.9 Å². The average Bonchev–Trinajstić information content (AvgIpc) is 2.27. The maximum atomic E-state index is 5.49. The third kappa shape index (κ3) is 1.86. The van der Waals surface area contributed by atoms with Gasteiger partial charge in [0.25, 0.3) is 0 Å². The van der Waals surface area contributed by atoms with E-state index in [1.54, 1.807) is 0 Å². The number of fused-ring (bicyclic) bond motifs is 1. The van der Waals surface area contributed by atoms with Gasteiger partial charge in [-0.1, -0.05) is 22.0 Å². The number of nitrogens with one attached hydrogen (secondary N) is 1. The van der Waals surface area contributed by atoms with E-state index < -0.39 is 0 Å². The third-order valence-corrected chi connectivity index (χ3v) is 3.10. The van der Waals surface area contributed by atoms with Crippen LogP contribution < -0.4 is 14.8 Å². The summed E-state index contributed by atoms with van der Waals surface area (Å²) in [6.07, 6.45) is 0. The molecule has 0 saturated heterocycles. The van der Waals surface area contributed by atoms with Crippen LogP contribution in [0.15, 0.2) is 18.2 Å². The van der Waals surface area contributed by atoms with Crippen LogP contribution in [0.5, 0.6) is 11.5 Å². The van der Waals surface area contributed by atoms with Crippen LogP contribution in [-0.2, 0) is 0 Å². The van der Waals surface area contributed by atoms with Crippen molar-refractivity contribution in [2.75, 3.05) is 20.3 Å². The molecule has 1 N–H and O–H groups in total. The van der Waals surface area contributed by atoms with Crippen molar-refractivity contribution in [2.24, 2.45) is 0 Å². The maximum Gasteiger partial charge on any atom is 0.161 e. The topological polar surface area (TPSA) is 30.5 Å². The third-order valence-electron chi connectivity index (χ3n) is 2.11. The van der Waals surface area contributed by atoms with Crippen LogP contribution in [0.3, 0.4) is 0 Å². The van der Waals surface area contributed by atoms with Gasteiger partial charge in [-0.25, -0.2) is 0 Å². The minimum atomic E-state index is 0.151. The Morgan fingerprint density at radius 3 is 2.71 bits per heavy atom. The lowest BCUT2D eigenvalue weighted by Crippen LogP contribution is -2.16. The van der Waals surface area contributed by atoms with Crippen molar-refractivity contribution in [1.29, 1.82) is 0 Å². The highest BCUT2D eigenvalue weighted by atomic mass is 79.9. The monoisotopic (exact) mass is 257 g/mol. The first-order valence-corrected chi connectivity index (χ1v) is 5.43. The summed E-state index contributed by atoms with van der Waals surface area (Å²) in [6.45, 7) is 1.26. The summed E-state index contributed by atoms with van der Waals surface area (Å²) in [7, 11) is 1.90. The van der Waals surface area contributed by atoms with E-state index in [0.717, 1.165) is 17.1 Å². The molecule has 0 amide bonds. The van der Waals surface area contributed by atoms with Crippen LogP contribution in [0, 0.1) is 0 Å². The molecule has 0 spiro atoms. The molecule has 0 radical (unpaired) electrons. The quantitative estimate of drug-likeness (QED) is 0.650. The first kappa shape index (κ1) is 9.80. The highest BCUT2D eigenvalue weighted by Gasteiger charge is 2.13. The van der Waals surface area contributed by atoms with Gasteiger partial charge in [0.05, 0.1) is 4.95 Å². The fourth-order valence-corrected chi connectivity index (χ4v) is 1.67. The molecule has 3 nitrogen and oxygen atoms in total. The molecule has 76 valence electrons. The molecule has 0 saturated carbocycles. The van der Waals surface area contributed by atoms with Crippen molar-refractivity contribution in [3.8, 4) is 11.5 Å². The molecule has 0 bridgehead atoms. The molecule has 1 aliphatic rings. The number of hydrogen-bond acceptors (Lipinski definition) is 3. The summed E-state index contributed by atoms with van der Waals surface area (Å²) in [4.78, 5) is 0.151. The Balaban J connectivity index is 2.29. The predicted octanol–water partition coefficient (Wildman–Crippen LogP) is 2.07. The number of rotatable bonds is 2. The molecule has 14 heavy (non-hydrogen) atoms. The molecule has 1 atom stereocenters. The fraction of sp³-hybridized carbons (Fsp3) is 0.400. The average molecular weight is 258 g/mol. The van der Waals surface area contributed by atoms with E-state index in [4.69, 9.17) is 9.47 Å². The van der Waals surface area contributed by atoms with Gasteiger partial charge < -0.3 is 14.8 Å². The minimum absolute atomic E-state index is 0.151. The second-order valence-electron chi connectivity index (χ2n) is 3.05. The van der Waals surface area contributed by atoms with Gasteiger partial charge in [0.2, 0.25) is 0 Å². The normalized spacial score (nSPS) is 16.4. The van der Waals surface area contributed by atoms with Crippen molar-refractivity contribution in [3.63, 3.8) is 0 Å². The van der Waals surface area contributed by atoms with Gasteiger partial charge in [-0.05, 0) is 24.7 Å². The van der Waals surface area contributed by atoms with Gasteiger partial charge >= 0.3 is 0 Å². The van der Waals surface area contributed by atoms with E-state index in [1.807, 2.05) is 25.2 Å². The molecule has 1 aromatic carbocycles. The zero-order valence-corrected chi connectivity index (χ0v) is 9.50. The van der Waals surface area contributed by atoms with Crippen molar-refractivity contribution in [2.45, 2.75) is 4.95 Å². The number of benzene rings is 1. The summed E-state index contributed by atoms with van der Waals surface area (Å²) in [5.74, 6) is 1.66. The van der Waals surface area contributed by atoms with Gasteiger partial charge in [0.1, 0.15) is 13.2 Å². The van der Waals surface area contributed by atoms with E-state index in [-0.39, 0.29) is 4.95 Å². The maximum absolute atomic E-state index is 5.49. The number of hydrogen-bond donors (Lipinski definition) is 1. The highest BCUT2D eigenvalue weighted by molar-refractivity contribution is 9.09. The molecule has 1 aromatic rings. The molecular formula is C10H12BrNO2. The zero-order valence-electron chi connectivity index (χ0n) is 7.92. The van der Waals surface area contributed by atoms with Crippen LogP contribution in [0.25, 0.3) is 0 Å². The summed E-state index contributed by atoms with van der Waals surface area (Å²) < 4.78 is 10.9. The molecule has 1 heterocycles. The lowest BCUT2D eigenvalue weighted by atomic mass is 10.2. The van der Waals surface area contributed by atoms with Gasteiger partial charge in [-0.2, -0.15) is 0 Å². The van der Waals surface area contributed by atoms with Crippen LogP contribution in [0.1, 0.15) is 10.5 Å². The minimum Gasteiger partial charge on any atom is -0.486 e. The summed E-state index contributed by atoms with van der Waals surface area (Å²) >= 11 is 3.51. The predicted molar refractivity (Wildman–Crippen MR) is 58.2 cm³/mol. The molecule has 1 unspecified atom stereocenters. The van der Waals surface area contributed by atoms with Crippen molar-refractivity contribution >= 4 is 15.9 Å². The Labute approximate surface area is 91.5 Å². The van der Waals surface area contributed by atoms with Gasteiger partial charge in [-0.3, -0.25) is 0 Å². The summed E-state index contributed by atoms with van der Waals surface area (Å²) in [5, 5.41) is 3.11. The van der Waals surface area contributed by atoms with E-state index in [2.05, 4.69) is 21.2 Å². The molecule has 0 fully saturated rings. The van der Waals surface area contributed by atoms with E-state index >= 15 is 0 Å². The molecule has 2 rings (SSSR count). The van der Waals surface area contributed by atoms with E-state index in [0.29, 0.717) is 13.2 Å². The smallest absolute Gasteiger partial charge is 0.161 e. The number of alkyl halides is 1. The lowest BCUT2D eigenvalue weighted by Gasteiger charge is -2.19. The highest BCUT2D eigenvalue weighted by Crippen LogP contribution is 2.33. The molecule has 0 aliphatic carbocycles. The van der Waals surface area contributed by atoms with Crippen LogP contribution in [-0.4, -0.2) is 20.3 Å². The molecule has 0 aromatic heterocycles. The Bertz CT molecular complexity index is 330. The second-order valence-corrected chi connectivity index (χ2v) is 3.97. The molecule has 4 heteroatoms. The van der Waals surface area contributed by atoms with Gasteiger partial charge in [0, 0.05) is 0 Å². The SMILES string of the molecule is CNC(Br)c1ccc2c(c1)OCCO2. The van der Waals surface area contributed by atoms with E-state index in [9.17, 15) is 0 Å². The standard InChI is InChI=1S/C10H12BrNO2/c1-12-10(11)7-2-3-8-9(6-7)14-5-4-13-8/h2-3,6,10,12H,4-5H2,1H3. The fourth-order valence-electron chi connectivity index (χ4n) is 1.38. The first-order valence-electron chi connectivity index (χ1n) is 4.52. The number of ether oxygens (including phenoxy) is 2. The second kappa shape index (κ2) is 4.19. The Kier molecular flexibility index (Phi) is 2.93. The largest absolute Gasteiger partial charge is 0.486 e. The Morgan fingerprint density at radius 1 is 1.29 bits per heavy atom. The molecular weight excluding hydrogens is 246 g/mol. The Hall–Kier alpha value is -0.740. The number of halogens is 1. The first-order chi connectivity index (χ1) is 6.81. The molecule has 1 aliphatic heterocycles. The van der Waals surface area contributed by atoms with Crippen molar-refractivity contribution in [3.05, 3.63) is 23.8 Å². The zero-order chi connectivity index (χ0) is 9.97. The van der Waals surface area contributed by atoms with Crippen molar-refractivity contribution < 1.29 is 9.47 Å². The van der Waals surface area contributed by atoms with Crippen LogP contribution in [0.2, 0.25) is 0 Å². The van der Waals surface area contributed by atoms with Gasteiger partial charge in [-0.15, -0.1) is 0 Å². The lowest BCUT2D eigenvalue weighted by molar-refractivity contribution is 0.171. The van der Waals surface area contributed by atoms with E-state index in [1.165, 1.54) is 0 Å². The van der Waals surface area contributed by atoms with Gasteiger partial charge in [0.15, 0.2) is 11.5 Å². The summed E-state index contributed by atoms with van der Waals surface area (Å²) in [6, 6.07) is 5.95. The Morgan fingerprint density at radius 2 is 2.00 bits per heavy atom.